The number of hydrogen-bond acceptors (Lipinski definition) is 1. The average molecular weight is 324 g/mol. The Bertz CT molecular complexity index is 521. The molecule has 3 heteroatoms. The van der Waals surface area contributed by atoms with E-state index in [1.54, 1.807) is 6.07 Å². The largest absolute Gasteiger partial charge is 0.478 e. The van der Waals surface area contributed by atoms with Crippen LogP contribution >= 0.6 is 22.6 Å². The van der Waals surface area contributed by atoms with Crippen molar-refractivity contribution in [1.82, 2.24) is 0 Å². The summed E-state index contributed by atoms with van der Waals surface area (Å²) in [5.74, 6) is -0.891. The minimum atomic E-state index is -0.891. The molecule has 0 aliphatic rings. The molecular weight excluding hydrogens is 315 g/mol. The molecule has 0 saturated carbocycles. The highest BCUT2D eigenvalue weighted by Crippen LogP contribution is 2.25. The molecule has 2 aromatic carbocycles. The van der Waals surface area contributed by atoms with E-state index < -0.39 is 5.97 Å². The maximum absolute atomic E-state index is 11.1. The zero-order chi connectivity index (χ0) is 11.5. The van der Waals surface area contributed by atoms with E-state index in [2.05, 4.69) is 22.6 Å². The number of halogens is 1. The van der Waals surface area contributed by atoms with Crippen molar-refractivity contribution in [2.24, 2.45) is 0 Å². The van der Waals surface area contributed by atoms with Crippen LogP contribution in [0.5, 0.6) is 0 Å². The summed E-state index contributed by atoms with van der Waals surface area (Å²) in [7, 11) is 0. The maximum Gasteiger partial charge on any atom is 0.336 e. The Kier molecular flexibility index (Phi) is 3.24. The molecule has 0 radical (unpaired) electrons. The van der Waals surface area contributed by atoms with E-state index in [1.165, 1.54) is 0 Å². The number of carboxylic acid groups (broad SMARTS) is 1. The van der Waals surface area contributed by atoms with Crippen molar-refractivity contribution in [3.05, 3.63) is 57.7 Å². The molecule has 2 aromatic rings. The summed E-state index contributed by atoms with van der Waals surface area (Å²) < 4.78 is 0.926. The first-order valence-electron chi connectivity index (χ1n) is 4.77. The first kappa shape index (κ1) is 11.1. The minimum Gasteiger partial charge on any atom is -0.478 e. The highest BCUT2D eigenvalue weighted by molar-refractivity contribution is 14.1. The lowest BCUT2D eigenvalue weighted by molar-refractivity contribution is 0.0697. The second kappa shape index (κ2) is 4.65. The molecule has 0 unspecified atom stereocenters. The van der Waals surface area contributed by atoms with Crippen LogP contribution in [0.25, 0.3) is 11.1 Å². The van der Waals surface area contributed by atoms with Crippen LogP contribution in [0.1, 0.15) is 10.4 Å². The Balaban J connectivity index is 2.61. The summed E-state index contributed by atoms with van der Waals surface area (Å²) >= 11 is 2.11. The first-order chi connectivity index (χ1) is 7.68. The molecule has 2 rings (SSSR count). The van der Waals surface area contributed by atoms with E-state index in [4.69, 9.17) is 5.11 Å². The Hall–Kier alpha value is -1.36. The van der Waals surface area contributed by atoms with E-state index in [1.807, 2.05) is 42.5 Å². The molecule has 0 aliphatic carbocycles. The molecular formula is C13H9IO2. The van der Waals surface area contributed by atoms with Crippen LogP contribution in [0.4, 0.5) is 0 Å². The van der Waals surface area contributed by atoms with E-state index >= 15 is 0 Å². The predicted molar refractivity (Wildman–Crippen MR) is 71.6 cm³/mol. The van der Waals surface area contributed by atoms with Gasteiger partial charge in [0.2, 0.25) is 0 Å². The molecule has 0 aliphatic heterocycles. The first-order valence-corrected chi connectivity index (χ1v) is 5.84. The van der Waals surface area contributed by atoms with Gasteiger partial charge in [0.1, 0.15) is 0 Å². The van der Waals surface area contributed by atoms with Gasteiger partial charge in [0.05, 0.1) is 5.56 Å². The number of carboxylic acids is 1. The summed E-state index contributed by atoms with van der Waals surface area (Å²) in [4.78, 5) is 11.1. The Morgan fingerprint density at radius 1 is 1.06 bits per heavy atom. The van der Waals surface area contributed by atoms with E-state index in [0.717, 1.165) is 14.7 Å². The monoisotopic (exact) mass is 324 g/mol. The third-order valence-electron chi connectivity index (χ3n) is 2.30. The van der Waals surface area contributed by atoms with Gasteiger partial charge in [-0.3, -0.25) is 0 Å². The van der Waals surface area contributed by atoms with Gasteiger partial charge in [-0.15, -0.1) is 0 Å². The van der Waals surface area contributed by atoms with Gasteiger partial charge in [-0.1, -0.05) is 36.4 Å². The Labute approximate surface area is 107 Å². The van der Waals surface area contributed by atoms with Crippen molar-refractivity contribution in [2.45, 2.75) is 0 Å². The van der Waals surface area contributed by atoms with Gasteiger partial charge in [-0.25, -0.2) is 4.79 Å². The van der Waals surface area contributed by atoms with Crippen LogP contribution < -0.4 is 0 Å². The van der Waals surface area contributed by atoms with Crippen LogP contribution in [0, 0.1) is 3.57 Å². The average Bonchev–Trinajstić information content (AvgIpc) is 2.30. The smallest absolute Gasteiger partial charge is 0.336 e. The minimum absolute atomic E-state index is 0.345. The molecule has 0 atom stereocenters. The fraction of sp³-hybridized carbons (Fsp3) is 0. The van der Waals surface area contributed by atoms with Gasteiger partial charge in [0.15, 0.2) is 0 Å². The standard InChI is InChI=1S/C13H9IO2/c14-10-6-7-11(12(8-10)13(15)16)9-4-2-1-3-5-9/h1-8H,(H,15,16). The second-order valence-corrected chi connectivity index (χ2v) is 4.61. The Morgan fingerprint density at radius 2 is 1.75 bits per heavy atom. The highest BCUT2D eigenvalue weighted by atomic mass is 127. The van der Waals surface area contributed by atoms with Gasteiger partial charge in [0, 0.05) is 3.57 Å². The van der Waals surface area contributed by atoms with Crippen molar-refractivity contribution in [3.63, 3.8) is 0 Å². The SMILES string of the molecule is O=C(O)c1cc(I)ccc1-c1ccccc1. The lowest BCUT2D eigenvalue weighted by Gasteiger charge is -2.06. The molecule has 2 nitrogen and oxygen atoms in total. The molecule has 0 spiro atoms. The molecule has 16 heavy (non-hydrogen) atoms. The number of hydrogen-bond donors (Lipinski definition) is 1. The van der Waals surface area contributed by atoms with Crippen LogP contribution in [0.2, 0.25) is 0 Å². The van der Waals surface area contributed by atoms with E-state index in [9.17, 15) is 4.79 Å². The van der Waals surface area contributed by atoms with Crippen molar-refractivity contribution in [3.8, 4) is 11.1 Å². The van der Waals surface area contributed by atoms with Gasteiger partial charge in [0.25, 0.3) is 0 Å². The third-order valence-corrected chi connectivity index (χ3v) is 2.97. The third kappa shape index (κ3) is 2.24. The van der Waals surface area contributed by atoms with Crippen LogP contribution in [0.3, 0.4) is 0 Å². The van der Waals surface area contributed by atoms with Crippen molar-refractivity contribution >= 4 is 28.6 Å². The zero-order valence-electron chi connectivity index (χ0n) is 8.35. The van der Waals surface area contributed by atoms with Gasteiger partial charge < -0.3 is 5.11 Å². The number of aromatic carboxylic acids is 1. The second-order valence-electron chi connectivity index (χ2n) is 3.36. The topological polar surface area (TPSA) is 37.3 Å². The fourth-order valence-corrected chi connectivity index (χ4v) is 2.05. The van der Waals surface area contributed by atoms with Crippen LogP contribution in [0.15, 0.2) is 48.5 Å². The molecule has 80 valence electrons. The lowest BCUT2D eigenvalue weighted by Crippen LogP contribution is -1.99. The van der Waals surface area contributed by atoms with Gasteiger partial charge >= 0.3 is 5.97 Å². The van der Waals surface area contributed by atoms with Crippen molar-refractivity contribution in [1.29, 1.82) is 0 Å². The van der Waals surface area contributed by atoms with E-state index in [-0.39, 0.29) is 0 Å². The number of benzene rings is 2. The van der Waals surface area contributed by atoms with Crippen LogP contribution in [-0.2, 0) is 0 Å². The molecule has 0 fully saturated rings. The lowest BCUT2D eigenvalue weighted by atomic mass is 10.00. The van der Waals surface area contributed by atoms with Crippen molar-refractivity contribution in [2.75, 3.05) is 0 Å². The van der Waals surface area contributed by atoms with Crippen LogP contribution in [-0.4, -0.2) is 11.1 Å². The summed E-state index contributed by atoms with van der Waals surface area (Å²) in [6.45, 7) is 0. The van der Waals surface area contributed by atoms with Crippen molar-refractivity contribution < 1.29 is 9.90 Å². The predicted octanol–water partition coefficient (Wildman–Crippen LogP) is 3.66. The fourth-order valence-electron chi connectivity index (χ4n) is 1.56. The van der Waals surface area contributed by atoms with Gasteiger partial charge in [-0.2, -0.15) is 0 Å². The molecule has 0 bridgehead atoms. The zero-order valence-corrected chi connectivity index (χ0v) is 10.5. The molecule has 0 saturated heterocycles. The molecule has 0 heterocycles. The molecule has 0 amide bonds. The highest BCUT2D eigenvalue weighted by Gasteiger charge is 2.11. The summed E-state index contributed by atoms with van der Waals surface area (Å²) in [6, 6.07) is 15.0. The number of carbonyl (C=O) groups is 1. The quantitative estimate of drug-likeness (QED) is 0.856. The summed E-state index contributed by atoms with van der Waals surface area (Å²) in [5.41, 5.74) is 2.03. The molecule has 1 N–H and O–H groups in total. The maximum atomic E-state index is 11.1. The Morgan fingerprint density at radius 3 is 2.38 bits per heavy atom. The van der Waals surface area contributed by atoms with E-state index in [0.29, 0.717) is 5.56 Å². The summed E-state index contributed by atoms with van der Waals surface area (Å²) in [5, 5.41) is 9.15. The normalized spacial score (nSPS) is 10.1. The molecule has 0 aromatic heterocycles. The summed E-state index contributed by atoms with van der Waals surface area (Å²) in [6.07, 6.45) is 0. The number of rotatable bonds is 2. The van der Waals surface area contributed by atoms with Gasteiger partial charge in [-0.05, 0) is 45.9 Å².